The van der Waals surface area contributed by atoms with E-state index in [0.29, 0.717) is 42.8 Å². The van der Waals surface area contributed by atoms with Gasteiger partial charge in [-0.2, -0.15) is 0 Å². The summed E-state index contributed by atoms with van der Waals surface area (Å²) in [4.78, 5) is 196. The van der Waals surface area contributed by atoms with Crippen molar-refractivity contribution in [3.8, 4) is 0 Å². The SMILES string of the molecule is O=C(O)CC[C@H](NC(=O)N[C@@H](CCCCNC(=O)[C@H](Cc1ccc2ccccc2c1)NC(=O)C1CCC(CNC(=O)[C@H](Cc2cnc[nH]2)NC(=O)[C@H](Cc2cnc[nH]2)NC(=O)[C@H](Cc2cnc[nH]2)NC(=O)CN2CCN(CC(=O)O)CCN(CC(=O)O)CCN(CC(=O)O)CC2)CC1)C(=O)O)C(=O)O. The maximum Gasteiger partial charge on any atom is 0.326 e. The number of aliphatic carboxylic acids is 6. The summed E-state index contributed by atoms with van der Waals surface area (Å²) in [7, 11) is 0. The minimum absolute atomic E-state index is 0.0604. The van der Waals surface area contributed by atoms with Gasteiger partial charge in [-0.15, -0.1) is 0 Å². The summed E-state index contributed by atoms with van der Waals surface area (Å²) in [6.07, 6.45) is 9.43. The lowest BCUT2D eigenvalue weighted by Crippen LogP contribution is -2.59. The molecule has 0 unspecified atom stereocenters. The van der Waals surface area contributed by atoms with Gasteiger partial charge >= 0.3 is 41.8 Å². The second kappa shape index (κ2) is 41.2. The van der Waals surface area contributed by atoms with Crippen LogP contribution < -0.4 is 42.5 Å². The van der Waals surface area contributed by atoms with Crippen molar-refractivity contribution in [1.29, 1.82) is 0 Å². The molecule has 0 spiro atoms. The van der Waals surface area contributed by atoms with E-state index in [0.717, 1.165) is 16.3 Å². The van der Waals surface area contributed by atoms with Gasteiger partial charge in [0.25, 0.3) is 0 Å². The number of aromatic amines is 3. The highest BCUT2D eigenvalue weighted by atomic mass is 16.4. The normalized spacial score (nSPS) is 17.5. The van der Waals surface area contributed by atoms with E-state index >= 15 is 0 Å². The minimum atomic E-state index is -1.58. The summed E-state index contributed by atoms with van der Waals surface area (Å²) in [5.74, 6) is -11.9. The van der Waals surface area contributed by atoms with Crippen molar-refractivity contribution in [2.24, 2.45) is 11.8 Å². The van der Waals surface area contributed by atoms with Crippen LogP contribution in [0.15, 0.2) is 80.0 Å². The third-order valence-electron chi connectivity index (χ3n) is 18.0. The standard InChI is InChI=1S/C67H92N18O19/c86-55(34-82-17-19-83(35-57(89)90)21-23-85(37-59(93)94)24-22-84(20-18-82)36-58(91)92)76-53(28-47-32-69-39-74-47)63(98)79-54(29-48-33-70-40-75-48)64(99)78-52(27-46-31-68-38-73-46)62(97)72-30-41-8-12-44(13-9-41)60(95)77-51(26-42-10-11-43-5-1-2-6-45(43)25-42)61(96)71-16-4-3-7-49(65(100)101)80-67(104)81-50(66(102)103)14-15-56(87)88/h1-2,5-6,10-11,25,31-33,38-41,44,49-54H,3-4,7-9,12-24,26-30,34-37H2,(H,68,73)(H,69,74)(H,70,75)(H,71,96)(H,72,97)(H,76,86)(H,77,95)(H,78,99)(H,79,98)(H,87,88)(H,89,90)(H,91,92)(H,93,94)(H,100,101)(H,102,103)(H2,80,81,104)/t41?,44?,49-,50-,51-,52-,53-,54-/m0/s1. The number of rotatable bonds is 39. The van der Waals surface area contributed by atoms with E-state index in [1.54, 1.807) is 19.6 Å². The third kappa shape index (κ3) is 28.1. The number of unbranched alkanes of at least 4 members (excludes halogenated alkanes) is 1. The highest BCUT2D eigenvalue weighted by molar-refractivity contribution is 5.95. The number of fused-ring (bicyclic) bond motifs is 1. The summed E-state index contributed by atoms with van der Waals surface area (Å²) in [5, 5.41) is 80.5. The Morgan fingerprint density at radius 3 is 1.35 bits per heavy atom. The number of benzene rings is 2. The molecule has 564 valence electrons. The molecule has 6 atom stereocenters. The highest BCUT2D eigenvalue weighted by Crippen LogP contribution is 2.29. The Labute approximate surface area is 596 Å². The molecule has 4 heterocycles. The zero-order chi connectivity index (χ0) is 75.1. The van der Waals surface area contributed by atoms with E-state index in [9.17, 15) is 87.9 Å². The average Bonchev–Trinajstić information content (AvgIpc) is 1.02. The second-order valence-electron chi connectivity index (χ2n) is 25.9. The number of hydrogen-bond acceptors (Lipinski definition) is 20. The molecule has 2 aliphatic rings. The van der Waals surface area contributed by atoms with Crippen LogP contribution >= 0.6 is 0 Å². The number of urea groups is 1. The number of carboxylic acids is 6. The number of carboxylic acid groups (broad SMARTS) is 6. The van der Waals surface area contributed by atoms with Crippen LogP contribution in [0.2, 0.25) is 0 Å². The number of imidazole rings is 3. The van der Waals surface area contributed by atoms with Gasteiger partial charge in [-0.3, -0.25) is 67.5 Å². The Morgan fingerprint density at radius 2 is 0.885 bits per heavy atom. The zero-order valence-electron chi connectivity index (χ0n) is 57.3. The Morgan fingerprint density at radius 1 is 0.442 bits per heavy atom. The van der Waals surface area contributed by atoms with Crippen LogP contribution in [-0.4, -0.2) is 285 Å². The molecule has 37 heteroatoms. The number of hydrogen-bond donors (Lipinski definition) is 17. The number of nitrogens with one attached hydrogen (secondary N) is 11. The number of nitrogens with zero attached hydrogens (tertiary/aromatic N) is 7. The van der Waals surface area contributed by atoms with E-state index in [1.165, 1.54) is 37.6 Å². The smallest absolute Gasteiger partial charge is 0.326 e. The molecule has 2 aromatic carbocycles. The maximum atomic E-state index is 14.7. The zero-order valence-corrected chi connectivity index (χ0v) is 57.3. The summed E-state index contributed by atoms with van der Waals surface area (Å²) >= 11 is 0. The number of aromatic nitrogens is 6. The molecular formula is C67H92N18O19. The average molecular weight is 1450 g/mol. The van der Waals surface area contributed by atoms with Crippen molar-refractivity contribution >= 4 is 88.1 Å². The van der Waals surface area contributed by atoms with E-state index in [4.69, 9.17) is 5.11 Å². The van der Waals surface area contributed by atoms with E-state index in [-0.39, 0.29) is 148 Å². The molecule has 0 bridgehead atoms. The first-order valence-electron chi connectivity index (χ1n) is 34.3. The molecule has 8 amide bonds. The molecule has 1 saturated heterocycles. The van der Waals surface area contributed by atoms with Gasteiger partial charge in [-0.25, -0.2) is 29.3 Å². The van der Waals surface area contributed by atoms with Crippen LogP contribution in [0.3, 0.4) is 0 Å². The lowest BCUT2D eigenvalue weighted by atomic mass is 9.81. The lowest BCUT2D eigenvalue weighted by Gasteiger charge is -2.33. The van der Waals surface area contributed by atoms with Crippen LogP contribution in [0.1, 0.15) is 80.4 Å². The fraction of sp³-hybridized carbons (Fsp3) is 0.522. The Bertz CT molecular complexity index is 3650. The molecule has 104 heavy (non-hydrogen) atoms. The van der Waals surface area contributed by atoms with Gasteiger partial charge in [-0.1, -0.05) is 42.5 Å². The molecule has 5 aromatic rings. The molecule has 0 radical (unpaired) electrons. The number of carbonyl (C=O) groups is 13. The quantitative estimate of drug-likeness (QED) is 0.0189. The summed E-state index contributed by atoms with van der Waals surface area (Å²) in [6, 6.07) is 4.18. The topological polar surface area (TPSA) is 539 Å². The van der Waals surface area contributed by atoms with Crippen molar-refractivity contribution in [3.63, 3.8) is 0 Å². The predicted octanol–water partition coefficient (Wildman–Crippen LogP) is -2.03. The van der Waals surface area contributed by atoms with Crippen LogP contribution in [-0.2, 0) is 83.2 Å². The minimum Gasteiger partial charge on any atom is -0.481 e. The largest absolute Gasteiger partial charge is 0.481 e. The van der Waals surface area contributed by atoms with Gasteiger partial charge in [0.1, 0.15) is 36.3 Å². The molecule has 37 nitrogen and oxygen atoms in total. The van der Waals surface area contributed by atoms with Crippen molar-refractivity contribution in [2.75, 3.05) is 91.6 Å². The van der Waals surface area contributed by atoms with Crippen LogP contribution in [0, 0.1) is 11.8 Å². The summed E-state index contributed by atoms with van der Waals surface area (Å²) < 4.78 is 0. The van der Waals surface area contributed by atoms with Crippen molar-refractivity contribution in [3.05, 3.63) is 103 Å². The van der Waals surface area contributed by atoms with Gasteiger partial charge in [0, 0.05) is 139 Å². The Kier molecular flexibility index (Phi) is 31.9. The fourth-order valence-electron chi connectivity index (χ4n) is 12.3. The molecule has 17 N–H and O–H groups in total. The first-order chi connectivity index (χ1) is 49.8. The van der Waals surface area contributed by atoms with Gasteiger partial charge < -0.3 is 88.1 Å². The lowest BCUT2D eigenvalue weighted by molar-refractivity contribution is -0.141. The predicted molar refractivity (Wildman–Crippen MR) is 368 cm³/mol. The Hall–Kier alpha value is -10.9. The monoisotopic (exact) mass is 1450 g/mol. The second-order valence-corrected chi connectivity index (χ2v) is 25.9. The van der Waals surface area contributed by atoms with E-state index in [1.807, 2.05) is 42.5 Å². The fourth-order valence-corrected chi connectivity index (χ4v) is 12.3. The van der Waals surface area contributed by atoms with Crippen LogP contribution in [0.25, 0.3) is 10.8 Å². The Balaban J connectivity index is 0.964. The van der Waals surface area contributed by atoms with Gasteiger partial charge in [-0.05, 0) is 73.6 Å². The highest BCUT2D eigenvalue weighted by Gasteiger charge is 2.35. The van der Waals surface area contributed by atoms with E-state index < -0.39 is 126 Å². The van der Waals surface area contributed by atoms with Gasteiger partial charge in [0.05, 0.1) is 45.2 Å². The molecule has 1 aliphatic heterocycles. The molecular weight excluding hydrogens is 1360 g/mol. The number of carbonyl (C=O) groups excluding carboxylic acids is 7. The third-order valence-corrected chi connectivity index (χ3v) is 18.0. The molecule has 1 saturated carbocycles. The van der Waals surface area contributed by atoms with Crippen molar-refractivity contribution in [2.45, 2.75) is 120 Å². The first kappa shape index (κ1) is 80.4. The van der Waals surface area contributed by atoms with Crippen molar-refractivity contribution < 1.29 is 93.0 Å². The van der Waals surface area contributed by atoms with Crippen molar-refractivity contribution in [1.82, 2.24) is 92.0 Å². The molecule has 3 aromatic heterocycles. The molecule has 1 aliphatic carbocycles. The summed E-state index contributed by atoms with van der Waals surface area (Å²) in [6.45, 7) is -0.151. The summed E-state index contributed by atoms with van der Waals surface area (Å²) in [5.41, 5.74) is 2.11. The van der Waals surface area contributed by atoms with Crippen LogP contribution in [0.5, 0.6) is 0 Å². The number of amides is 8. The maximum absolute atomic E-state index is 14.7. The van der Waals surface area contributed by atoms with Gasteiger partial charge in [0.2, 0.25) is 35.4 Å². The van der Waals surface area contributed by atoms with E-state index in [2.05, 4.69) is 72.4 Å². The molecule has 7 rings (SSSR count). The molecule has 2 fully saturated rings. The van der Waals surface area contributed by atoms with Crippen LogP contribution in [0.4, 0.5) is 4.79 Å². The van der Waals surface area contributed by atoms with Gasteiger partial charge in [0.15, 0.2) is 0 Å². The first-order valence-corrected chi connectivity index (χ1v) is 34.3. The number of H-pyrrole nitrogens is 3.